The third-order valence-electron chi connectivity index (χ3n) is 5.32. The summed E-state index contributed by atoms with van der Waals surface area (Å²) in [6.07, 6.45) is 1.84. The van der Waals surface area contributed by atoms with Crippen molar-refractivity contribution in [2.24, 2.45) is 0 Å². The van der Waals surface area contributed by atoms with Gasteiger partial charge in [0.25, 0.3) is 0 Å². The zero-order valence-electron chi connectivity index (χ0n) is 17.3. The Labute approximate surface area is 186 Å². The average Bonchev–Trinajstić information content (AvgIpc) is 2.78. The maximum atomic E-state index is 11.2. The lowest BCUT2D eigenvalue weighted by Gasteiger charge is -2.18. The molecule has 31 heavy (non-hydrogen) atoms. The summed E-state index contributed by atoms with van der Waals surface area (Å²) >= 11 is 5.99. The first-order valence-corrected chi connectivity index (χ1v) is 10.5. The minimum atomic E-state index is -0.886. The van der Waals surface area contributed by atoms with Crippen LogP contribution in [-0.4, -0.2) is 29.7 Å². The standard InChI is InChI=1S/C26H23ClN2O2/c1-29(17-26(30)31)25-16-22(20-5-3-2-4-6-20)23-15-19(11-14-24(23)28-25)8-7-18-9-12-21(27)13-10-18/h2-6,9-16H,7-8,17H2,1H3,(H,30,31). The molecule has 5 heteroatoms. The molecule has 0 atom stereocenters. The molecule has 0 saturated carbocycles. The van der Waals surface area contributed by atoms with E-state index in [1.54, 1.807) is 11.9 Å². The fourth-order valence-corrected chi connectivity index (χ4v) is 3.82. The molecule has 0 amide bonds. The molecular weight excluding hydrogens is 408 g/mol. The van der Waals surface area contributed by atoms with Crippen LogP contribution in [0.3, 0.4) is 0 Å². The van der Waals surface area contributed by atoms with E-state index in [2.05, 4.69) is 36.4 Å². The van der Waals surface area contributed by atoms with E-state index in [9.17, 15) is 9.90 Å². The number of fused-ring (bicyclic) bond motifs is 1. The fraction of sp³-hybridized carbons (Fsp3) is 0.154. The first-order valence-electron chi connectivity index (χ1n) is 10.2. The highest BCUT2D eigenvalue weighted by molar-refractivity contribution is 6.30. The number of carbonyl (C=O) groups is 1. The average molecular weight is 431 g/mol. The fourth-order valence-electron chi connectivity index (χ4n) is 3.69. The van der Waals surface area contributed by atoms with Crippen LogP contribution in [-0.2, 0) is 17.6 Å². The Hall–Kier alpha value is -3.37. The summed E-state index contributed by atoms with van der Waals surface area (Å²) in [6.45, 7) is -0.105. The number of rotatable bonds is 7. The maximum absolute atomic E-state index is 11.2. The second-order valence-corrected chi connectivity index (χ2v) is 8.06. The van der Waals surface area contributed by atoms with Crippen molar-refractivity contribution in [2.75, 3.05) is 18.5 Å². The highest BCUT2D eigenvalue weighted by Gasteiger charge is 2.13. The Morgan fingerprint density at radius 2 is 1.61 bits per heavy atom. The highest BCUT2D eigenvalue weighted by Crippen LogP contribution is 2.32. The van der Waals surface area contributed by atoms with Crippen molar-refractivity contribution in [3.63, 3.8) is 0 Å². The zero-order valence-corrected chi connectivity index (χ0v) is 18.0. The highest BCUT2D eigenvalue weighted by atomic mass is 35.5. The van der Waals surface area contributed by atoms with Gasteiger partial charge in [-0.15, -0.1) is 0 Å². The van der Waals surface area contributed by atoms with Crippen LogP contribution in [0.15, 0.2) is 78.9 Å². The van der Waals surface area contributed by atoms with E-state index in [0.29, 0.717) is 5.82 Å². The second kappa shape index (κ2) is 9.19. The lowest BCUT2D eigenvalue weighted by molar-refractivity contribution is -0.135. The minimum Gasteiger partial charge on any atom is -0.480 e. The maximum Gasteiger partial charge on any atom is 0.323 e. The van der Waals surface area contributed by atoms with Crippen LogP contribution < -0.4 is 4.90 Å². The number of carboxylic acid groups (broad SMARTS) is 1. The monoisotopic (exact) mass is 430 g/mol. The van der Waals surface area contributed by atoms with Gasteiger partial charge in [0.05, 0.1) is 5.52 Å². The summed E-state index contributed by atoms with van der Waals surface area (Å²) in [5.41, 5.74) is 5.45. The van der Waals surface area contributed by atoms with Gasteiger partial charge in [0, 0.05) is 17.5 Å². The van der Waals surface area contributed by atoms with E-state index < -0.39 is 5.97 Å². The van der Waals surface area contributed by atoms with Gasteiger partial charge in [0.15, 0.2) is 0 Å². The van der Waals surface area contributed by atoms with Gasteiger partial charge >= 0.3 is 5.97 Å². The molecule has 0 fully saturated rings. The largest absolute Gasteiger partial charge is 0.480 e. The van der Waals surface area contributed by atoms with E-state index in [1.807, 2.05) is 42.5 Å². The normalized spacial score (nSPS) is 10.9. The Balaban J connectivity index is 1.72. The number of hydrogen-bond acceptors (Lipinski definition) is 3. The Morgan fingerprint density at radius 3 is 2.32 bits per heavy atom. The smallest absolute Gasteiger partial charge is 0.323 e. The molecule has 0 unspecified atom stereocenters. The molecule has 4 nitrogen and oxygen atoms in total. The number of hydrogen-bond donors (Lipinski definition) is 1. The zero-order chi connectivity index (χ0) is 21.8. The summed E-state index contributed by atoms with van der Waals surface area (Å²) in [4.78, 5) is 17.6. The third kappa shape index (κ3) is 5.04. The predicted molar refractivity (Wildman–Crippen MR) is 127 cm³/mol. The number of carboxylic acids is 1. The van der Waals surface area contributed by atoms with Gasteiger partial charge in [-0.3, -0.25) is 4.79 Å². The van der Waals surface area contributed by atoms with Crippen molar-refractivity contribution in [1.82, 2.24) is 4.98 Å². The van der Waals surface area contributed by atoms with Crippen LogP contribution >= 0.6 is 11.6 Å². The molecule has 0 spiro atoms. The van der Waals surface area contributed by atoms with Gasteiger partial charge in [-0.2, -0.15) is 0 Å². The van der Waals surface area contributed by atoms with E-state index in [0.717, 1.165) is 39.9 Å². The van der Waals surface area contributed by atoms with Crippen LogP contribution in [0.2, 0.25) is 5.02 Å². The van der Waals surface area contributed by atoms with Crippen LogP contribution in [0.25, 0.3) is 22.0 Å². The van der Waals surface area contributed by atoms with Gasteiger partial charge in [0.1, 0.15) is 12.4 Å². The first kappa shape index (κ1) is 20.9. The van der Waals surface area contributed by atoms with Crippen molar-refractivity contribution in [2.45, 2.75) is 12.8 Å². The van der Waals surface area contributed by atoms with Gasteiger partial charge in [-0.25, -0.2) is 4.98 Å². The second-order valence-electron chi connectivity index (χ2n) is 7.62. The molecule has 0 bridgehead atoms. The van der Waals surface area contributed by atoms with Crippen molar-refractivity contribution in [3.05, 3.63) is 95.0 Å². The third-order valence-corrected chi connectivity index (χ3v) is 5.58. The molecule has 1 N–H and O–H groups in total. The van der Waals surface area contributed by atoms with Crippen molar-refractivity contribution in [1.29, 1.82) is 0 Å². The van der Waals surface area contributed by atoms with Gasteiger partial charge in [0.2, 0.25) is 0 Å². The molecule has 4 rings (SSSR count). The molecule has 0 aliphatic heterocycles. The van der Waals surface area contributed by atoms with Crippen molar-refractivity contribution >= 4 is 34.3 Å². The van der Waals surface area contributed by atoms with Crippen LogP contribution in [0.1, 0.15) is 11.1 Å². The molecule has 4 aromatic rings. The van der Waals surface area contributed by atoms with Gasteiger partial charge < -0.3 is 10.0 Å². The molecule has 0 aliphatic carbocycles. The number of pyridine rings is 1. The van der Waals surface area contributed by atoms with Crippen LogP contribution in [0.5, 0.6) is 0 Å². The Kier molecular flexibility index (Phi) is 6.19. The van der Waals surface area contributed by atoms with Gasteiger partial charge in [-0.05, 0) is 65.4 Å². The topological polar surface area (TPSA) is 53.4 Å². The molecule has 0 saturated heterocycles. The molecule has 0 radical (unpaired) electrons. The number of aromatic nitrogens is 1. The number of halogens is 1. The van der Waals surface area contributed by atoms with Gasteiger partial charge in [-0.1, -0.05) is 60.1 Å². The summed E-state index contributed by atoms with van der Waals surface area (Å²) in [5.74, 6) is -0.245. The van der Waals surface area contributed by atoms with Crippen LogP contribution in [0.4, 0.5) is 5.82 Å². The minimum absolute atomic E-state index is 0.105. The van der Waals surface area contributed by atoms with E-state index >= 15 is 0 Å². The van der Waals surface area contributed by atoms with E-state index in [-0.39, 0.29) is 6.54 Å². The number of aliphatic carboxylic acids is 1. The quantitative estimate of drug-likeness (QED) is 0.399. The number of nitrogens with zero attached hydrogens (tertiary/aromatic N) is 2. The molecule has 0 aliphatic rings. The molecule has 1 heterocycles. The lowest BCUT2D eigenvalue weighted by Crippen LogP contribution is -2.26. The van der Waals surface area contributed by atoms with Crippen molar-refractivity contribution in [3.8, 4) is 11.1 Å². The molecular formula is C26H23ClN2O2. The predicted octanol–water partition coefficient (Wildman–Crippen LogP) is 5.86. The molecule has 3 aromatic carbocycles. The SMILES string of the molecule is CN(CC(=O)O)c1cc(-c2ccccc2)c2cc(CCc3ccc(Cl)cc3)ccc2n1. The number of benzene rings is 3. The number of anilines is 1. The molecule has 1 aromatic heterocycles. The first-order chi connectivity index (χ1) is 15.0. The van der Waals surface area contributed by atoms with E-state index in [1.165, 1.54) is 11.1 Å². The Morgan fingerprint density at radius 1 is 0.935 bits per heavy atom. The van der Waals surface area contributed by atoms with E-state index in [4.69, 9.17) is 16.6 Å². The number of likely N-dealkylation sites (N-methyl/N-ethyl adjacent to an activating group) is 1. The number of aryl methyl sites for hydroxylation is 2. The summed E-state index contributed by atoms with van der Waals surface area (Å²) < 4.78 is 0. The van der Waals surface area contributed by atoms with Crippen molar-refractivity contribution < 1.29 is 9.90 Å². The lowest BCUT2D eigenvalue weighted by atomic mass is 9.97. The summed E-state index contributed by atoms with van der Waals surface area (Å²) in [7, 11) is 1.75. The Bertz CT molecular complexity index is 1210. The summed E-state index contributed by atoms with van der Waals surface area (Å²) in [5, 5.41) is 11.0. The summed E-state index contributed by atoms with van der Waals surface area (Å²) in [6, 6.07) is 26.4. The molecule has 156 valence electrons. The van der Waals surface area contributed by atoms with Crippen LogP contribution in [0, 0.1) is 0 Å².